The van der Waals surface area contributed by atoms with Gasteiger partial charge in [-0.05, 0) is 52.7 Å². The highest BCUT2D eigenvalue weighted by Gasteiger charge is 2.24. The molecule has 0 saturated carbocycles. The van der Waals surface area contributed by atoms with E-state index in [1.165, 1.54) is 12.1 Å². The number of carboxylic acids is 1. The van der Waals surface area contributed by atoms with E-state index in [-0.39, 0.29) is 43.1 Å². The first-order valence-corrected chi connectivity index (χ1v) is 11.8. The minimum Gasteiger partial charge on any atom is -0.481 e. The van der Waals surface area contributed by atoms with E-state index in [9.17, 15) is 22.8 Å². The summed E-state index contributed by atoms with van der Waals surface area (Å²) in [5.74, 6) is -1.90. The van der Waals surface area contributed by atoms with Crippen molar-refractivity contribution >= 4 is 33.8 Å². The highest BCUT2D eigenvalue weighted by atomic mass is 32.2. The fourth-order valence-corrected chi connectivity index (χ4v) is 3.56. The molecule has 0 aromatic heterocycles. The minimum absolute atomic E-state index is 0.0388. The Bertz CT molecular complexity index is 967. The number of benzene rings is 1. The molecule has 0 bridgehead atoms. The number of nitrogens with one attached hydrogen (secondary N) is 2. The number of nitrogens with zero attached hydrogens (tertiary/aromatic N) is 1. The lowest BCUT2D eigenvalue weighted by Crippen LogP contribution is -2.43. The zero-order valence-corrected chi connectivity index (χ0v) is 20.1. The van der Waals surface area contributed by atoms with Crippen molar-refractivity contribution in [2.24, 2.45) is 10.7 Å². The van der Waals surface area contributed by atoms with Crippen molar-refractivity contribution in [2.45, 2.75) is 69.9 Å². The topological polar surface area (TPSA) is 177 Å². The van der Waals surface area contributed by atoms with Crippen molar-refractivity contribution in [1.82, 2.24) is 10.0 Å². The van der Waals surface area contributed by atoms with Gasteiger partial charge in [-0.2, -0.15) is 0 Å². The highest BCUT2D eigenvalue weighted by Crippen LogP contribution is 2.11. The molecule has 12 heteroatoms. The first-order valence-electron chi connectivity index (χ1n) is 10.3. The Labute approximate surface area is 193 Å². The van der Waals surface area contributed by atoms with Crippen molar-refractivity contribution in [3.8, 4) is 0 Å². The molecule has 1 rings (SSSR count). The zero-order chi connectivity index (χ0) is 25.2. The van der Waals surface area contributed by atoms with Gasteiger partial charge in [0, 0.05) is 13.0 Å². The van der Waals surface area contributed by atoms with Crippen molar-refractivity contribution in [2.75, 3.05) is 6.54 Å². The second-order valence-corrected chi connectivity index (χ2v) is 10.1. The van der Waals surface area contributed by atoms with Gasteiger partial charge in [-0.25, -0.2) is 17.9 Å². The Balaban J connectivity index is 2.70. The van der Waals surface area contributed by atoms with Crippen LogP contribution in [-0.4, -0.2) is 55.5 Å². The van der Waals surface area contributed by atoms with Gasteiger partial charge in [0.1, 0.15) is 5.60 Å². The molecule has 0 fully saturated rings. The summed E-state index contributed by atoms with van der Waals surface area (Å²) in [6.07, 6.45) is -1.01. The molecule has 1 unspecified atom stereocenters. The number of sulfonamides is 1. The van der Waals surface area contributed by atoms with Crippen LogP contribution in [0.1, 0.15) is 52.0 Å². The molecule has 11 nitrogen and oxygen atoms in total. The third-order valence-corrected chi connectivity index (χ3v) is 5.54. The normalized spacial score (nSPS) is 13.2. The Hall–Kier alpha value is -3.15. The molecule has 1 atom stereocenters. The van der Waals surface area contributed by atoms with Gasteiger partial charge in [0.05, 0.1) is 17.4 Å². The molecule has 1 aromatic carbocycles. The summed E-state index contributed by atoms with van der Waals surface area (Å²) in [7, 11) is -3.88. The van der Waals surface area contributed by atoms with Crippen molar-refractivity contribution in [3.63, 3.8) is 0 Å². The third-order valence-electron chi connectivity index (χ3n) is 4.17. The van der Waals surface area contributed by atoms with Gasteiger partial charge in [0.15, 0.2) is 5.78 Å². The number of ketones is 1. The number of aliphatic imine (C=N–C) groups is 1. The predicted molar refractivity (Wildman–Crippen MR) is 122 cm³/mol. The second kappa shape index (κ2) is 12.2. The number of alkyl carbamates (subject to hydrolysis) is 1. The SMILES string of the molecule is Cc1ccc(S(=O)(=O)NC(N)=NCCCC(NC(=O)OC(C)(C)C)C(=O)CCC(=O)O)cc1. The number of amides is 1. The molecule has 0 radical (unpaired) electrons. The first kappa shape index (κ1) is 27.9. The number of aryl methyl sites for hydroxylation is 1. The lowest BCUT2D eigenvalue weighted by Gasteiger charge is -2.23. The predicted octanol–water partition coefficient (Wildman–Crippen LogP) is 1.70. The van der Waals surface area contributed by atoms with Gasteiger partial charge < -0.3 is 20.9 Å². The molecule has 33 heavy (non-hydrogen) atoms. The summed E-state index contributed by atoms with van der Waals surface area (Å²) in [6.45, 7) is 6.91. The van der Waals surface area contributed by atoms with Crippen LogP contribution in [0.4, 0.5) is 4.79 Å². The van der Waals surface area contributed by atoms with E-state index >= 15 is 0 Å². The maximum atomic E-state index is 12.4. The maximum absolute atomic E-state index is 12.4. The molecule has 0 aliphatic heterocycles. The molecule has 0 spiro atoms. The highest BCUT2D eigenvalue weighted by molar-refractivity contribution is 7.90. The van der Waals surface area contributed by atoms with Crippen LogP contribution in [0.5, 0.6) is 0 Å². The van der Waals surface area contributed by atoms with Crippen molar-refractivity contribution in [3.05, 3.63) is 29.8 Å². The lowest BCUT2D eigenvalue weighted by atomic mass is 10.0. The Morgan fingerprint density at radius 2 is 1.76 bits per heavy atom. The molecule has 0 saturated heterocycles. The number of hydrogen-bond acceptors (Lipinski definition) is 7. The summed E-state index contributed by atoms with van der Waals surface area (Å²) in [5, 5.41) is 11.2. The number of guanidine groups is 1. The monoisotopic (exact) mass is 484 g/mol. The first-order chi connectivity index (χ1) is 15.2. The largest absolute Gasteiger partial charge is 0.481 e. The van der Waals surface area contributed by atoms with E-state index in [4.69, 9.17) is 15.6 Å². The Morgan fingerprint density at radius 3 is 2.30 bits per heavy atom. The Kier molecular flexibility index (Phi) is 10.3. The molecule has 0 heterocycles. The molecule has 184 valence electrons. The van der Waals surface area contributed by atoms with Gasteiger partial charge >= 0.3 is 12.1 Å². The molecule has 1 amide bonds. The fraction of sp³-hybridized carbons (Fsp3) is 0.524. The molecular formula is C21H32N4O7S. The van der Waals surface area contributed by atoms with Gasteiger partial charge in [0.2, 0.25) is 5.96 Å². The average molecular weight is 485 g/mol. The Morgan fingerprint density at radius 1 is 1.15 bits per heavy atom. The van der Waals surface area contributed by atoms with E-state index in [1.807, 2.05) is 6.92 Å². The number of aliphatic carboxylic acids is 1. The summed E-state index contributed by atoms with van der Waals surface area (Å²) in [5.41, 5.74) is 5.81. The number of nitrogens with two attached hydrogens (primary N) is 1. The van der Waals surface area contributed by atoms with Gasteiger partial charge in [-0.15, -0.1) is 0 Å². The fourth-order valence-electron chi connectivity index (χ4n) is 2.61. The summed E-state index contributed by atoms with van der Waals surface area (Å²) < 4.78 is 32.0. The van der Waals surface area contributed by atoms with E-state index in [0.29, 0.717) is 0 Å². The van der Waals surface area contributed by atoms with Gasteiger partial charge in [-0.1, -0.05) is 17.7 Å². The number of carboxylic acid groups (broad SMARTS) is 1. The van der Waals surface area contributed by atoms with Crippen LogP contribution in [0.2, 0.25) is 0 Å². The standard InChI is InChI=1S/C21H32N4O7S/c1-14-7-9-15(10-8-14)33(30,31)25-19(22)23-13-5-6-16(17(26)11-12-18(27)28)24-20(29)32-21(2,3)4/h7-10,16H,5-6,11-13H2,1-4H3,(H,24,29)(H,27,28)(H3,22,23,25). The summed E-state index contributed by atoms with van der Waals surface area (Å²) in [6, 6.07) is 5.23. The molecule has 1 aromatic rings. The van der Waals surface area contributed by atoms with E-state index in [2.05, 4.69) is 15.0 Å². The summed E-state index contributed by atoms with van der Waals surface area (Å²) >= 11 is 0. The number of ether oxygens (including phenoxy) is 1. The number of carbonyl (C=O) groups excluding carboxylic acids is 2. The second-order valence-electron chi connectivity index (χ2n) is 8.39. The molecule has 0 aliphatic carbocycles. The quantitative estimate of drug-likeness (QED) is 0.208. The third kappa shape index (κ3) is 11.3. The van der Waals surface area contributed by atoms with Gasteiger partial charge in [-0.3, -0.25) is 14.6 Å². The average Bonchev–Trinajstić information content (AvgIpc) is 2.67. The molecule has 0 aliphatic rings. The lowest BCUT2D eigenvalue weighted by molar-refractivity contribution is -0.138. The molecular weight excluding hydrogens is 452 g/mol. The minimum atomic E-state index is -3.88. The van der Waals surface area contributed by atoms with Crippen LogP contribution in [-0.2, 0) is 24.3 Å². The van der Waals surface area contributed by atoms with Crippen LogP contribution in [0.25, 0.3) is 0 Å². The van der Waals surface area contributed by atoms with Crippen LogP contribution in [0, 0.1) is 6.92 Å². The van der Waals surface area contributed by atoms with E-state index in [0.717, 1.165) is 5.56 Å². The van der Waals surface area contributed by atoms with Crippen LogP contribution in [0.15, 0.2) is 34.2 Å². The van der Waals surface area contributed by atoms with Crippen LogP contribution < -0.4 is 15.8 Å². The van der Waals surface area contributed by atoms with E-state index in [1.54, 1.807) is 32.9 Å². The van der Waals surface area contributed by atoms with E-state index < -0.39 is 39.5 Å². The zero-order valence-electron chi connectivity index (χ0n) is 19.3. The number of carbonyl (C=O) groups is 3. The van der Waals surface area contributed by atoms with Crippen LogP contribution >= 0.6 is 0 Å². The van der Waals surface area contributed by atoms with Gasteiger partial charge in [0.25, 0.3) is 10.0 Å². The maximum Gasteiger partial charge on any atom is 0.408 e. The number of Topliss-reactive ketones (excluding diaryl/α,β-unsaturated/α-hetero) is 1. The smallest absolute Gasteiger partial charge is 0.408 e. The number of rotatable bonds is 11. The summed E-state index contributed by atoms with van der Waals surface area (Å²) in [4.78, 5) is 39.1. The van der Waals surface area contributed by atoms with Crippen LogP contribution in [0.3, 0.4) is 0 Å². The van der Waals surface area contributed by atoms with Crippen molar-refractivity contribution in [1.29, 1.82) is 0 Å². The molecule has 5 N–H and O–H groups in total. The van der Waals surface area contributed by atoms with Crippen molar-refractivity contribution < 1.29 is 32.6 Å². The number of hydrogen-bond donors (Lipinski definition) is 4.